The number of methoxy groups -OCH3 is 1. The molecule has 16 heteroatoms. The number of Topliss-reactive ketones (excluding diaryl/α,β-unsaturated/α-hetero) is 2. The number of thioether (sulfide) groups is 2. The van der Waals surface area contributed by atoms with Gasteiger partial charge in [-0.05, 0) is 103 Å². The van der Waals surface area contributed by atoms with E-state index >= 15 is 0 Å². The van der Waals surface area contributed by atoms with E-state index in [0.29, 0.717) is 31.6 Å². The first-order chi connectivity index (χ1) is 27.6. The Balaban J connectivity index is 0.000000174. The van der Waals surface area contributed by atoms with Crippen LogP contribution in [0.3, 0.4) is 0 Å². The molecule has 12 nitrogen and oxygen atoms in total. The number of aromatic nitrogens is 6. The molecule has 2 aromatic heterocycles. The summed E-state index contributed by atoms with van der Waals surface area (Å²) in [4.78, 5) is 45.9. The number of ketones is 2. The second kappa shape index (κ2) is 18.5. The maximum Gasteiger partial charge on any atom is 0.305 e. The quantitative estimate of drug-likeness (QED) is 0.0726. The van der Waals surface area contributed by atoms with Crippen molar-refractivity contribution < 1.29 is 29.0 Å². The van der Waals surface area contributed by atoms with Crippen LogP contribution in [-0.2, 0) is 23.9 Å². The first kappa shape index (κ1) is 40.8. The van der Waals surface area contributed by atoms with E-state index in [9.17, 15) is 19.2 Å². The number of carboxylic acid groups (broad SMARTS) is 1. The molecule has 0 radical (unpaired) electrons. The maximum absolute atomic E-state index is 12.1. The number of carboxylic acids is 1. The van der Waals surface area contributed by atoms with Gasteiger partial charge in [-0.15, -0.1) is 20.4 Å². The van der Waals surface area contributed by atoms with Gasteiger partial charge in [-0.3, -0.25) is 28.3 Å². The second-order valence-corrected chi connectivity index (χ2v) is 17.1. The van der Waals surface area contributed by atoms with Crippen molar-refractivity contribution in [2.24, 2.45) is 0 Å². The summed E-state index contributed by atoms with van der Waals surface area (Å²) in [5.41, 5.74) is 4.70. The first-order valence-electron chi connectivity index (χ1n) is 18.5. The van der Waals surface area contributed by atoms with Crippen LogP contribution in [0.2, 0.25) is 0 Å². The molecule has 2 heterocycles. The van der Waals surface area contributed by atoms with Crippen LogP contribution in [0.25, 0.3) is 32.9 Å². The van der Waals surface area contributed by atoms with Crippen LogP contribution < -0.4 is 0 Å². The van der Waals surface area contributed by atoms with Gasteiger partial charge in [0.25, 0.3) is 0 Å². The van der Waals surface area contributed by atoms with E-state index in [-0.39, 0.29) is 54.7 Å². The van der Waals surface area contributed by atoms with Gasteiger partial charge in [0.1, 0.15) is 11.6 Å². The van der Waals surface area contributed by atoms with Crippen LogP contribution in [-0.4, -0.2) is 76.8 Å². The molecular formula is C41H38Br2N6O6S2. The molecule has 2 aliphatic carbocycles. The molecule has 6 aromatic rings. The molecule has 4 aromatic carbocycles. The molecule has 0 amide bonds. The molecule has 0 unspecified atom stereocenters. The molecule has 2 fully saturated rings. The van der Waals surface area contributed by atoms with Gasteiger partial charge in [0, 0.05) is 23.6 Å². The van der Waals surface area contributed by atoms with Gasteiger partial charge in [0.2, 0.25) is 9.47 Å². The van der Waals surface area contributed by atoms with Crippen LogP contribution in [0.4, 0.5) is 0 Å². The molecular weight excluding hydrogens is 896 g/mol. The highest BCUT2D eigenvalue weighted by molar-refractivity contribution is 9.10. The second-order valence-electron chi connectivity index (χ2n) is 13.8. The lowest BCUT2D eigenvalue weighted by molar-refractivity contribution is -0.141. The predicted octanol–water partition coefficient (Wildman–Crippen LogP) is 9.26. The summed E-state index contributed by atoms with van der Waals surface area (Å²) < 4.78 is 9.57. The number of hydrogen-bond acceptors (Lipinski definition) is 11. The Morgan fingerprint density at radius 2 is 1.05 bits per heavy atom. The van der Waals surface area contributed by atoms with Crippen molar-refractivity contribution in [2.75, 3.05) is 18.6 Å². The number of halogens is 2. The molecule has 2 saturated carbocycles. The third-order valence-electron chi connectivity index (χ3n) is 9.75. The molecule has 2 aliphatic rings. The van der Waals surface area contributed by atoms with E-state index < -0.39 is 5.97 Å². The van der Waals surface area contributed by atoms with E-state index in [1.54, 1.807) is 0 Å². The van der Waals surface area contributed by atoms with Crippen molar-refractivity contribution in [3.8, 4) is 11.4 Å². The van der Waals surface area contributed by atoms with Crippen LogP contribution in [0.5, 0.6) is 0 Å². The number of rotatable bonds is 16. The average molecular weight is 935 g/mol. The zero-order valence-electron chi connectivity index (χ0n) is 30.9. The van der Waals surface area contributed by atoms with Gasteiger partial charge >= 0.3 is 11.9 Å². The number of esters is 1. The minimum absolute atomic E-state index is 0.0245. The highest BCUT2D eigenvalue weighted by atomic mass is 79.9. The summed E-state index contributed by atoms with van der Waals surface area (Å²) in [5.74, 6) is 0.190. The van der Waals surface area contributed by atoms with Gasteiger partial charge in [-0.2, -0.15) is 0 Å². The Morgan fingerprint density at radius 3 is 1.46 bits per heavy atom. The van der Waals surface area contributed by atoms with E-state index in [0.717, 1.165) is 22.1 Å². The zero-order chi connectivity index (χ0) is 40.1. The molecule has 57 heavy (non-hydrogen) atoms. The Bertz CT molecular complexity index is 2480. The molecule has 0 aliphatic heterocycles. The summed E-state index contributed by atoms with van der Waals surface area (Å²) in [6.45, 7) is 0. The minimum atomic E-state index is -0.966. The predicted molar refractivity (Wildman–Crippen MR) is 227 cm³/mol. The van der Waals surface area contributed by atoms with Gasteiger partial charge in [0.05, 0.1) is 42.8 Å². The Kier molecular flexibility index (Phi) is 13.2. The number of fused-ring (bicyclic) bond motifs is 2. The number of hydrogen-bond donors (Lipinski definition) is 1. The standard InChI is InChI=1S/C21H20BrN3O3S.C20H18BrN3O3S/c1-28-19(27)11-8-14(26)12-29-21-24-23-20(22)25(21)18-10-9-15(13-6-7-13)16-4-2-3-5-17(16)18;21-19-22-23-20(28-11-13(25)7-10-18(26)27)24(19)17-9-8-14(12-5-6-12)15-3-1-2-4-16(15)17/h2-5,9-10,13H,6-8,11-12H2,1H3;1-4,8-9,12H,5-7,10-11H2,(H,26,27). The summed E-state index contributed by atoms with van der Waals surface area (Å²) in [5, 5.41) is 31.4. The van der Waals surface area contributed by atoms with E-state index in [4.69, 9.17) is 5.11 Å². The molecule has 0 saturated heterocycles. The largest absolute Gasteiger partial charge is 0.481 e. The van der Waals surface area contributed by atoms with Gasteiger partial charge in [0.15, 0.2) is 10.3 Å². The van der Waals surface area contributed by atoms with Gasteiger partial charge in [-0.25, -0.2) is 0 Å². The van der Waals surface area contributed by atoms with Gasteiger partial charge in [-0.1, -0.05) is 84.2 Å². The van der Waals surface area contributed by atoms with Gasteiger partial charge < -0.3 is 9.84 Å². The average Bonchev–Trinajstić information content (AvgIpc) is 4.17. The maximum atomic E-state index is 12.1. The Hall–Kier alpha value is -4.38. The summed E-state index contributed by atoms with van der Waals surface area (Å²) >= 11 is 9.56. The monoisotopic (exact) mass is 932 g/mol. The molecule has 294 valence electrons. The topological polar surface area (TPSA) is 159 Å². The third kappa shape index (κ3) is 9.85. The van der Waals surface area contributed by atoms with Crippen LogP contribution in [0.15, 0.2) is 92.6 Å². The minimum Gasteiger partial charge on any atom is -0.481 e. The SMILES string of the molecule is COC(=O)CCC(=O)CSc1nnc(Br)n1-c1ccc(C2CC2)c2ccccc12.O=C(O)CCC(=O)CSc1nnc(Br)n1-c1ccc(C2CC2)c2ccccc12. The number of aliphatic carboxylic acids is 1. The lowest BCUT2D eigenvalue weighted by Gasteiger charge is -2.13. The number of carbonyl (C=O) groups is 4. The third-order valence-corrected chi connectivity index (χ3v) is 12.8. The Labute approximate surface area is 353 Å². The van der Waals surface area contributed by atoms with E-state index in [1.807, 2.05) is 21.3 Å². The van der Waals surface area contributed by atoms with Crippen molar-refractivity contribution in [3.63, 3.8) is 0 Å². The zero-order valence-corrected chi connectivity index (χ0v) is 35.7. The molecule has 0 spiro atoms. The molecule has 1 N–H and O–H groups in total. The lowest BCUT2D eigenvalue weighted by Crippen LogP contribution is -2.08. The highest BCUT2D eigenvalue weighted by Gasteiger charge is 2.28. The normalized spacial score (nSPS) is 13.7. The van der Waals surface area contributed by atoms with Crippen molar-refractivity contribution in [1.29, 1.82) is 0 Å². The molecule has 0 bridgehead atoms. The summed E-state index contributed by atoms with van der Waals surface area (Å²) in [7, 11) is 1.32. The summed E-state index contributed by atoms with van der Waals surface area (Å²) in [6.07, 6.45) is 5.09. The highest BCUT2D eigenvalue weighted by Crippen LogP contribution is 2.45. The Morgan fingerprint density at radius 1 is 0.632 bits per heavy atom. The van der Waals surface area contributed by atoms with Crippen LogP contribution in [0, 0.1) is 0 Å². The molecule has 0 atom stereocenters. The van der Waals surface area contributed by atoms with Crippen molar-refractivity contribution in [1.82, 2.24) is 29.5 Å². The number of ether oxygens (including phenoxy) is 1. The molecule has 8 rings (SSSR count). The van der Waals surface area contributed by atoms with Crippen molar-refractivity contribution in [2.45, 2.75) is 73.5 Å². The van der Waals surface area contributed by atoms with Crippen molar-refractivity contribution in [3.05, 3.63) is 93.4 Å². The van der Waals surface area contributed by atoms with Crippen LogP contribution >= 0.6 is 55.4 Å². The summed E-state index contributed by atoms with van der Waals surface area (Å²) in [6, 6.07) is 25.2. The van der Waals surface area contributed by atoms with Crippen molar-refractivity contribution >= 4 is 100 Å². The smallest absolute Gasteiger partial charge is 0.305 e. The first-order valence-corrected chi connectivity index (χ1v) is 22.0. The number of benzene rings is 4. The fourth-order valence-corrected chi connectivity index (χ4v) is 9.43. The fourth-order valence-electron chi connectivity index (χ4n) is 6.62. The fraction of sp³-hybridized carbons (Fsp3) is 0.317. The lowest BCUT2D eigenvalue weighted by atomic mass is 9.99. The van der Waals surface area contributed by atoms with E-state index in [2.05, 4.69) is 118 Å². The number of nitrogens with zero attached hydrogens (tertiary/aromatic N) is 6. The van der Waals surface area contributed by atoms with Crippen LogP contribution in [0.1, 0.15) is 74.3 Å². The van der Waals surface area contributed by atoms with E-state index in [1.165, 1.54) is 78.2 Å². The number of carbonyl (C=O) groups excluding carboxylic acids is 3.